The highest BCUT2D eigenvalue weighted by Gasteiger charge is 2.23. The lowest BCUT2D eigenvalue weighted by Gasteiger charge is -2.09. The predicted molar refractivity (Wildman–Crippen MR) is 83.2 cm³/mol. The number of nitrogens with one attached hydrogen (secondary N) is 3. The second kappa shape index (κ2) is 6.26. The molecule has 0 spiro atoms. The maximum atomic E-state index is 11.6. The molecule has 0 bridgehead atoms. The van der Waals surface area contributed by atoms with Crippen molar-refractivity contribution in [2.45, 2.75) is 25.4 Å². The summed E-state index contributed by atoms with van der Waals surface area (Å²) in [7, 11) is 0. The molecule has 5 nitrogen and oxygen atoms in total. The SMILES string of the molecule is O=C(Nc1ccc(NCc2ccccn2)cc1)NC1CC1. The lowest BCUT2D eigenvalue weighted by Crippen LogP contribution is -2.30. The van der Waals surface area contributed by atoms with Crippen LogP contribution in [-0.4, -0.2) is 17.1 Å². The lowest BCUT2D eigenvalue weighted by atomic mass is 10.2. The third-order valence-corrected chi connectivity index (χ3v) is 3.26. The van der Waals surface area contributed by atoms with Crippen molar-refractivity contribution in [3.8, 4) is 0 Å². The zero-order valence-electron chi connectivity index (χ0n) is 11.7. The first kappa shape index (κ1) is 13.4. The molecule has 0 atom stereocenters. The highest BCUT2D eigenvalue weighted by Crippen LogP contribution is 2.19. The molecule has 0 radical (unpaired) electrons. The van der Waals surface area contributed by atoms with Gasteiger partial charge in [-0.05, 0) is 49.2 Å². The van der Waals surface area contributed by atoms with E-state index in [2.05, 4.69) is 20.9 Å². The van der Waals surface area contributed by atoms with Gasteiger partial charge in [0.25, 0.3) is 0 Å². The zero-order chi connectivity index (χ0) is 14.5. The lowest BCUT2D eigenvalue weighted by molar-refractivity contribution is 0.251. The number of carbonyl (C=O) groups excluding carboxylic acids is 1. The van der Waals surface area contributed by atoms with Crippen molar-refractivity contribution in [2.24, 2.45) is 0 Å². The summed E-state index contributed by atoms with van der Waals surface area (Å²) in [4.78, 5) is 15.9. The number of nitrogens with zero attached hydrogens (tertiary/aromatic N) is 1. The Kier molecular flexibility index (Phi) is 4.00. The summed E-state index contributed by atoms with van der Waals surface area (Å²) in [5, 5.41) is 9.01. The van der Waals surface area contributed by atoms with Crippen LogP contribution >= 0.6 is 0 Å². The van der Waals surface area contributed by atoms with Crippen molar-refractivity contribution in [2.75, 3.05) is 10.6 Å². The Morgan fingerprint density at radius 3 is 2.52 bits per heavy atom. The van der Waals surface area contributed by atoms with E-state index in [4.69, 9.17) is 0 Å². The van der Waals surface area contributed by atoms with Crippen LogP contribution in [0.2, 0.25) is 0 Å². The fourth-order valence-corrected chi connectivity index (χ4v) is 1.95. The molecule has 1 heterocycles. The molecule has 108 valence electrons. The molecule has 5 heteroatoms. The zero-order valence-corrected chi connectivity index (χ0v) is 11.7. The molecule has 1 aromatic carbocycles. The molecule has 0 unspecified atom stereocenters. The fourth-order valence-electron chi connectivity index (χ4n) is 1.95. The summed E-state index contributed by atoms with van der Waals surface area (Å²) in [6.45, 7) is 0.676. The van der Waals surface area contributed by atoms with E-state index in [0.29, 0.717) is 12.6 Å². The first-order valence-corrected chi connectivity index (χ1v) is 7.11. The van der Waals surface area contributed by atoms with Gasteiger partial charge in [-0.2, -0.15) is 0 Å². The van der Waals surface area contributed by atoms with Crippen LogP contribution in [0.3, 0.4) is 0 Å². The van der Waals surface area contributed by atoms with Crippen molar-refractivity contribution in [3.63, 3.8) is 0 Å². The molecule has 2 amide bonds. The minimum absolute atomic E-state index is 0.133. The number of hydrogen-bond acceptors (Lipinski definition) is 3. The third-order valence-electron chi connectivity index (χ3n) is 3.26. The van der Waals surface area contributed by atoms with Crippen molar-refractivity contribution in [1.29, 1.82) is 0 Å². The molecule has 0 aliphatic heterocycles. The summed E-state index contributed by atoms with van der Waals surface area (Å²) >= 11 is 0. The van der Waals surface area contributed by atoms with Gasteiger partial charge >= 0.3 is 6.03 Å². The first-order valence-electron chi connectivity index (χ1n) is 7.11. The Bertz CT molecular complexity index is 593. The minimum atomic E-state index is -0.133. The van der Waals surface area contributed by atoms with Gasteiger partial charge in [0, 0.05) is 23.6 Å². The largest absolute Gasteiger partial charge is 0.379 e. The number of aromatic nitrogens is 1. The number of hydrogen-bond donors (Lipinski definition) is 3. The fraction of sp³-hybridized carbons (Fsp3) is 0.250. The second-order valence-corrected chi connectivity index (χ2v) is 5.12. The number of anilines is 2. The summed E-state index contributed by atoms with van der Waals surface area (Å²) in [5.74, 6) is 0. The Morgan fingerprint density at radius 2 is 1.86 bits per heavy atom. The van der Waals surface area contributed by atoms with Gasteiger partial charge < -0.3 is 16.0 Å². The number of amides is 2. The van der Waals surface area contributed by atoms with Crippen molar-refractivity contribution >= 4 is 17.4 Å². The van der Waals surface area contributed by atoms with Crippen LogP contribution in [-0.2, 0) is 6.54 Å². The van der Waals surface area contributed by atoms with Crippen molar-refractivity contribution < 1.29 is 4.79 Å². The van der Waals surface area contributed by atoms with Gasteiger partial charge in [0.15, 0.2) is 0 Å². The van der Waals surface area contributed by atoms with Gasteiger partial charge in [-0.15, -0.1) is 0 Å². The maximum Gasteiger partial charge on any atom is 0.319 e. The van der Waals surface area contributed by atoms with Crippen LogP contribution < -0.4 is 16.0 Å². The van der Waals surface area contributed by atoms with E-state index in [0.717, 1.165) is 29.9 Å². The molecular formula is C16H18N4O. The summed E-state index contributed by atoms with van der Waals surface area (Å²) in [6.07, 6.45) is 3.95. The van der Waals surface area contributed by atoms with Gasteiger partial charge in [0.2, 0.25) is 0 Å². The number of urea groups is 1. The molecule has 3 rings (SSSR count). The molecule has 1 fully saturated rings. The van der Waals surface area contributed by atoms with Crippen molar-refractivity contribution in [3.05, 3.63) is 54.4 Å². The number of pyridine rings is 1. The summed E-state index contributed by atoms with van der Waals surface area (Å²) in [5.41, 5.74) is 2.77. The average Bonchev–Trinajstić information content (AvgIpc) is 3.31. The van der Waals surface area contributed by atoms with Gasteiger partial charge in [0.1, 0.15) is 0 Å². The van der Waals surface area contributed by atoms with E-state index < -0.39 is 0 Å². The van der Waals surface area contributed by atoms with Gasteiger partial charge in [-0.1, -0.05) is 6.07 Å². The summed E-state index contributed by atoms with van der Waals surface area (Å²) in [6, 6.07) is 13.7. The molecule has 3 N–H and O–H groups in total. The van der Waals surface area contributed by atoms with Gasteiger partial charge in [-0.3, -0.25) is 4.98 Å². The maximum absolute atomic E-state index is 11.6. The van der Waals surface area contributed by atoms with E-state index in [1.165, 1.54) is 0 Å². The normalized spacial score (nSPS) is 13.5. The Morgan fingerprint density at radius 1 is 1.10 bits per heavy atom. The average molecular weight is 282 g/mol. The van der Waals surface area contributed by atoms with E-state index in [1.807, 2.05) is 42.5 Å². The molecule has 2 aromatic rings. The number of benzene rings is 1. The predicted octanol–water partition coefficient (Wildman–Crippen LogP) is 2.98. The van der Waals surface area contributed by atoms with Crippen LogP contribution in [0.1, 0.15) is 18.5 Å². The quantitative estimate of drug-likeness (QED) is 0.790. The van der Waals surface area contributed by atoms with Crippen LogP contribution in [0.5, 0.6) is 0 Å². The molecule has 1 aliphatic carbocycles. The van der Waals surface area contributed by atoms with Gasteiger partial charge in [-0.25, -0.2) is 4.79 Å². The third kappa shape index (κ3) is 4.21. The second-order valence-electron chi connectivity index (χ2n) is 5.12. The standard InChI is InChI=1S/C16H18N4O/c21-16(20-14-8-9-14)19-13-6-4-12(5-7-13)18-11-15-3-1-2-10-17-15/h1-7,10,14,18H,8-9,11H2,(H2,19,20,21). The van der Waals surface area contributed by atoms with Crippen LogP contribution in [0.15, 0.2) is 48.7 Å². The Balaban J connectivity index is 1.50. The molecule has 0 saturated heterocycles. The molecule has 1 aliphatic rings. The smallest absolute Gasteiger partial charge is 0.319 e. The Hall–Kier alpha value is -2.56. The number of rotatable bonds is 5. The molecule has 21 heavy (non-hydrogen) atoms. The molecular weight excluding hydrogens is 264 g/mol. The monoisotopic (exact) mass is 282 g/mol. The molecule has 1 aromatic heterocycles. The van der Waals surface area contributed by atoms with Crippen LogP contribution in [0.4, 0.5) is 16.2 Å². The van der Waals surface area contributed by atoms with Crippen LogP contribution in [0.25, 0.3) is 0 Å². The van der Waals surface area contributed by atoms with E-state index >= 15 is 0 Å². The number of carbonyl (C=O) groups is 1. The summed E-state index contributed by atoms with van der Waals surface area (Å²) < 4.78 is 0. The topological polar surface area (TPSA) is 66.0 Å². The van der Waals surface area contributed by atoms with E-state index in [9.17, 15) is 4.79 Å². The molecule has 1 saturated carbocycles. The van der Waals surface area contributed by atoms with E-state index in [-0.39, 0.29) is 6.03 Å². The highest BCUT2D eigenvalue weighted by atomic mass is 16.2. The van der Waals surface area contributed by atoms with Crippen molar-refractivity contribution in [1.82, 2.24) is 10.3 Å². The minimum Gasteiger partial charge on any atom is -0.379 e. The van der Waals surface area contributed by atoms with Crippen LogP contribution in [0, 0.1) is 0 Å². The first-order chi connectivity index (χ1) is 10.3. The van der Waals surface area contributed by atoms with Gasteiger partial charge in [0.05, 0.1) is 12.2 Å². The highest BCUT2D eigenvalue weighted by molar-refractivity contribution is 5.89. The Labute approximate surface area is 123 Å². The van der Waals surface area contributed by atoms with E-state index in [1.54, 1.807) is 6.20 Å².